The fourth-order valence-electron chi connectivity index (χ4n) is 5.04. The van der Waals surface area contributed by atoms with Crippen LogP contribution in [0.2, 0.25) is 0 Å². The van der Waals surface area contributed by atoms with Crippen LogP contribution in [0.25, 0.3) is 0 Å². The maximum absolute atomic E-state index is 5.54. The van der Waals surface area contributed by atoms with E-state index in [2.05, 4.69) is 88.6 Å². The van der Waals surface area contributed by atoms with E-state index in [0.717, 1.165) is 45.7 Å². The first-order valence-electron chi connectivity index (χ1n) is 12.5. The highest BCUT2D eigenvalue weighted by Gasteiger charge is 2.26. The average molecular weight is 451 g/mol. The zero-order valence-corrected chi connectivity index (χ0v) is 21.4. The smallest absolute Gasteiger partial charge is 0.0728 e. The first-order chi connectivity index (χ1) is 15.6. The van der Waals surface area contributed by atoms with E-state index in [9.17, 15) is 0 Å². The van der Waals surface area contributed by atoms with Gasteiger partial charge in [0.05, 0.1) is 31.9 Å². The summed E-state index contributed by atoms with van der Waals surface area (Å²) in [6.45, 7) is 17.3. The summed E-state index contributed by atoms with van der Waals surface area (Å²) in [5.74, 6) is 0. The minimum absolute atomic E-state index is 0.0884. The molecule has 180 valence electrons. The maximum atomic E-state index is 5.54. The Hall–Kier alpha value is -2.04. The van der Waals surface area contributed by atoms with E-state index in [1.165, 1.54) is 33.6 Å². The minimum Gasteiger partial charge on any atom is -0.380 e. The van der Waals surface area contributed by atoms with Crippen molar-refractivity contribution in [2.45, 2.75) is 83.7 Å². The van der Waals surface area contributed by atoms with Gasteiger partial charge in [0.2, 0.25) is 0 Å². The monoisotopic (exact) mass is 450 g/mol. The summed E-state index contributed by atoms with van der Waals surface area (Å²) in [6, 6.07) is 14.7. The number of aryl methyl sites for hydroxylation is 2. The van der Waals surface area contributed by atoms with Crippen molar-refractivity contribution >= 4 is 11.4 Å². The second-order valence-corrected chi connectivity index (χ2v) is 11.6. The Bertz CT molecular complexity index is 951. The average Bonchev–Trinajstić information content (AvgIpc) is 3.23. The van der Waals surface area contributed by atoms with Gasteiger partial charge in [-0.3, -0.25) is 0 Å². The third-order valence-corrected chi connectivity index (χ3v) is 7.21. The number of hydrogen-bond donors (Lipinski definition) is 2. The topological polar surface area (TPSA) is 42.5 Å². The highest BCUT2D eigenvalue weighted by molar-refractivity contribution is 5.53. The zero-order chi connectivity index (χ0) is 23.6. The molecule has 0 aromatic heterocycles. The molecule has 2 aliphatic heterocycles. The number of rotatable bonds is 8. The van der Waals surface area contributed by atoms with Crippen molar-refractivity contribution in [2.24, 2.45) is 0 Å². The lowest BCUT2D eigenvalue weighted by atomic mass is 9.75. The van der Waals surface area contributed by atoms with E-state index < -0.39 is 0 Å². The molecule has 1 unspecified atom stereocenters. The summed E-state index contributed by atoms with van der Waals surface area (Å²) in [5.41, 5.74) is 8.32. The molecule has 33 heavy (non-hydrogen) atoms. The Morgan fingerprint density at radius 1 is 0.818 bits per heavy atom. The van der Waals surface area contributed by atoms with Crippen molar-refractivity contribution in [3.8, 4) is 0 Å². The molecule has 2 N–H and O–H groups in total. The van der Waals surface area contributed by atoms with E-state index >= 15 is 0 Å². The van der Waals surface area contributed by atoms with Crippen LogP contribution in [-0.2, 0) is 26.7 Å². The third-order valence-electron chi connectivity index (χ3n) is 7.21. The quantitative estimate of drug-likeness (QED) is 0.501. The fourth-order valence-corrected chi connectivity index (χ4v) is 5.04. The minimum atomic E-state index is 0.0884. The lowest BCUT2D eigenvalue weighted by Gasteiger charge is -2.31. The van der Waals surface area contributed by atoms with Crippen LogP contribution in [0.3, 0.4) is 0 Å². The number of ether oxygens (including phenoxy) is 2. The number of benzene rings is 2. The van der Waals surface area contributed by atoms with Crippen LogP contribution in [0, 0.1) is 6.92 Å². The van der Waals surface area contributed by atoms with Gasteiger partial charge in [-0.25, -0.2) is 0 Å². The number of nitrogens with one attached hydrogen (secondary N) is 2. The highest BCUT2D eigenvalue weighted by atomic mass is 16.5. The van der Waals surface area contributed by atoms with Crippen LogP contribution in [-0.4, -0.2) is 38.5 Å². The van der Waals surface area contributed by atoms with Gasteiger partial charge >= 0.3 is 0 Å². The van der Waals surface area contributed by atoms with Gasteiger partial charge in [-0.15, -0.1) is 0 Å². The fraction of sp³-hybridized carbons (Fsp3) is 0.586. The summed E-state index contributed by atoms with van der Waals surface area (Å²) in [7, 11) is 0. The molecule has 2 aromatic carbocycles. The van der Waals surface area contributed by atoms with Crippen LogP contribution >= 0.6 is 0 Å². The van der Waals surface area contributed by atoms with E-state index in [4.69, 9.17) is 9.47 Å². The molecule has 2 saturated heterocycles. The SMILES string of the molecule is Cc1ccc(NC2COC2)cc1C(C)(C)CCc1ccc(NC2CCOC2)cc1C(C)(C)C. The van der Waals surface area contributed by atoms with Crippen LogP contribution in [0.4, 0.5) is 11.4 Å². The molecule has 0 saturated carbocycles. The molecule has 0 bridgehead atoms. The lowest BCUT2D eigenvalue weighted by Crippen LogP contribution is -2.40. The molecule has 2 fully saturated rings. The van der Waals surface area contributed by atoms with Crippen molar-refractivity contribution in [1.29, 1.82) is 0 Å². The molecular formula is C29H42N2O2. The van der Waals surface area contributed by atoms with Gasteiger partial charge in [0, 0.05) is 18.0 Å². The summed E-state index contributed by atoms with van der Waals surface area (Å²) >= 11 is 0. The predicted molar refractivity (Wildman–Crippen MR) is 139 cm³/mol. The molecule has 2 aromatic rings. The van der Waals surface area contributed by atoms with Crippen molar-refractivity contribution in [2.75, 3.05) is 37.1 Å². The van der Waals surface area contributed by atoms with Crippen molar-refractivity contribution in [1.82, 2.24) is 0 Å². The summed E-state index contributed by atoms with van der Waals surface area (Å²) in [6.07, 6.45) is 3.26. The molecule has 2 heterocycles. The Balaban J connectivity index is 1.50. The second kappa shape index (κ2) is 9.68. The predicted octanol–water partition coefficient (Wildman–Crippen LogP) is 6.21. The Morgan fingerprint density at radius 3 is 2.06 bits per heavy atom. The Labute approximate surface area is 200 Å². The second-order valence-electron chi connectivity index (χ2n) is 11.6. The molecule has 4 nitrogen and oxygen atoms in total. The van der Waals surface area contributed by atoms with Gasteiger partial charge < -0.3 is 20.1 Å². The molecular weight excluding hydrogens is 408 g/mol. The molecule has 0 aliphatic carbocycles. The number of hydrogen-bond acceptors (Lipinski definition) is 4. The third kappa shape index (κ3) is 5.91. The highest BCUT2D eigenvalue weighted by Crippen LogP contribution is 2.36. The van der Waals surface area contributed by atoms with Crippen LogP contribution in [0.1, 0.15) is 69.7 Å². The summed E-state index contributed by atoms with van der Waals surface area (Å²) < 4.78 is 10.9. The van der Waals surface area contributed by atoms with Crippen molar-refractivity contribution in [3.63, 3.8) is 0 Å². The first kappa shape index (κ1) is 24.1. The van der Waals surface area contributed by atoms with E-state index in [1.807, 2.05) is 0 Å². The van der Waals surface area contributed by atoms with Gasteiger partial charge in [0.1, 0.15) is 0 Å². The van der Waals surface area contributed by atoms with Gasteiger partial charge in [0.25, 0.3) is 0 Å². The largest absolute Gasteiger partial charge is 0.380 e. The zero-order valence-electron chi connectivity index (χ0n) is 21.4. The van der Waals surface area contributed by atoms with Gasteiger partial charge in [-0.05, 0) is 83.5 Å². The molecule has 4 rings (SSSR count). The maximum Gasteiger partial charge on any atom is 0.0728 e. The van der Waals surface area contributed by atoms with Gasteiger partial charge in [0.15, 0.2) is 0 Å². The van der Waals surface area contributed by atoms with E-state index in [0.29, 0.717) is 12.1 Å². The molecule has 4 heteroatoms. The summed E-state index contributed by atoms with van der Waals surface area (Å²) in [4.78, 5) is 0. The van der Waals surface area contributed by atoms with Gasteiger partial charge in [-0.1, -0.05) is 46.8 Å². The molecule has 0 radical (unpaired) electrons. The normalized spacial score (nSPS) is 19.4. The van der Waals surface area contributed by atoms with E-state index in [-0.39, 0.29) is 10.8 Å². The van der Waals surface area contributed by atoms with E-state index in [1.54, 1.807) is 0 Å². The van der Waals surface area contributed by atoms with Crippen molar-refractivity contribution < 1.29 is 9.47 Å². The number of anilines is 2. The lowest BCUT2D eigenvalue weighted by molar-refractivity contribution is 0.0211. The first-order valence-corrected chi connectivity index (χ1v) is 12.5. The molecule has 1 atom stereocenters. The Kier molecular flexibility index (Phi) is 7.07. The van der Waals surface area contributed by atoms with Crippen LogP contribution in [0.15, 0.2) is 36.4 Å². The summed E-state index contributed by atoms with van der Waals surface area (Å²) in [5, 5.41) is 7.29. The van der Waals surface area contributed by atoms with Crippen LogP contribution in [0.5, 0.6) is 0 Å². The molecule has 2 aliphatic rings. The standard InChI is InChI=1S/C29H42N2O2/c1-20-7-9-22(31-25-18-33-19-25)15-26(20)29(5,6)13-11-21-8-10-23(16-27(21)28(2,3)4)30-24-12-14-32-17-24/h7-10,15-16,24-25,30-31H,11-14,17-19H2,1-6H3. The Morgan fingerprint density at radius 2 is 1.45 bits per heavy atom. The molecule has 0 spiro atoms. The molecule has 0 amide bonds. The van der Waals surface area contributed by atoms with Crippen molar-refractivity contribution in [3.05, 3.63) is 58.7 Å². The van der Waals surface area contributed by atoms with Crippen LogP contribution < -0.4 is 10.6 Å². The van der Waals surface area contributed by atoms with Gasteiger partial charge in [-0.2, -0.15) is 0 Å².